The smallest absolute Gasteiger partial charge is 0.280 e. The minimum absolute atomic E-state index is 0.0136. The Balaban J connectivity index is 1.64. The molecule has 2 aliphatic heterocycles. The van der Waals surface area contributed by atoms with Crippen molar-refractivity contribution in [3.8, 4) is 0 Å². The molecule has 0 unspecified atom stereocenters. The quantitative estimate of drug-likeness (QED) is 0.792. The van der Waals surface area contributed by atoms with Crippen LogP contribution in [0.4, 0.5) is 8.78 Å². The molecular weight excluding hydrogens is 366 g/mol. The summed E-state index contributed by atoms with van der Waals surface area (Å²) in [7, 11) is 0. The number of rotatable bonds is 3. The Kier molecular flexibility index (Phi) is 4.70. The molecule has 1 aromatic heterocycles. The molecule has 1 aromatic rings. The maximum atomic E-state index is 13.3. The van der Waals surface area contributed by atoms with Crippen molar-refractivity contribution >= 4 is 11.8 Å². The minimum atomic E-state index is -2.67. The van der Waals surface area contributed by atoms with Gasteiger partial charge in [-0.05, 0) is 32.3 Å². The van der Waals surface area contributed by atoms with Crippen molar-refractivity contribution in [3.63, 3.8) is 0 Å². The van der Waals surface area contributed by atoms with E-state index in [4.69, 9.17) is 0 Å². The van der Waals surface area contributed by atoms with Crippen LogP contribution in [0.5, 0.6) is 0 Å². The number of carbonyl (C=O) groups excluding carboxylic acids is 2. The van der Waals surface area contributed by atoms with E-state index in [-0.39, 0.29) is 47.6 Å². The van der Waals surface area contributed by atoms with Gasteiger partial charge in [0.15, 0.2) is 0 Å². The van der Waals surface area contributed by atoms with E-state index in [1.807, 2.05) is 9.80 Å². The first kappa shape index (κ1) is 19.3. The monoisotopic (exact) mass is 394 g/mol. The summed E-state index contributed by atoms with van der Waals surface area (Å²) in [4.78, 5) is 29.4. The van der Waals surface area contributed by atoms with Crippen molar-refractivity contribution in [1.82, 2.24) is 19.6 Å². The van der Waals surface area contributed by atoms with Gasteiger partial charge in [0.25, 0.3) is 6.43 Å². The summed E-state index contributed by atoms with van der Waals surface area (Å²) in [6, 6.07) is 1.54. The van der Waals surface area contributed by atoms with Gasteiger partial charge in [-0.25, -0.2) is 8.78 Å². The minimum Gasteiger partial charge on any atom is -0.335 e. The molecular formula is C20H28F2N4O2. The molecule has 3 fully saturated rings. The Labute approximate surface area is 163 Å². The van der Waals surface area contributed by atoms with Gasteiger partial charge in [0, 0.05) is 31.0 Å². The summed E-state index contributed by atoms with van der Waals surface area (Å²) in [5.41, 5.74) is 0.124. The molecule has 4 atom stereocenters. The number of fused-ring (bicyclic) bond motifs is 1. The molecule has 2 amide bonds. The molecule has 3 heterocycles. The Hall–Kier alpha value is -1.99. The highest BCUT2D eigenvalue weighted by atomic mass is 19.3. The van der Waals surface area contributed by atoms with Crippen LogP contribution in [0.3, 0.4) is 0 Å². The Morgan fingerprint density at radius 2 is 1.96 bits per heavy atom. The number of likely N-dealkylation sites (tertiary alicyclic amines) is 2. The van der Waals surface area contributed by atoms with E-state index >= 15 is 0 Å². The number of amides is 2. The van der Waals surface area contributed by atoms with Gasteiger partial charge in [0.1, 0.15) is 12.2 Å². The zero-order valence-corrected chi connectivity index (χ0v) is 16.7. The summed E-state index contributed by atoms with van der Waals surface area (Å²) in [5, 5.41) is 4.10. The zero-order chi connectivity index (χ0) is 20.2. The predicted octanol–water partition coefficient (Wildman–Crippen LogP) is 2.91. The van der Waals surface area contributed by atoms with Crippen LogP contribution in [0.1, 0.15) is 63.8 Å². The molecule has 1 aliphatic carbocycles. The average Bonchev–Trinajstić information content (AvgIpc) is 3.02. The Morgan fingerprint density at radius 3 is 2.61 bits per heavy atom. The first-order valence-electron chi connectivity index (χ1n) is 10.1. The number of carbonyl (C=O) groups is 2. The second-order valence-corrected chi connectivity index (χ2v) is 8.82. The summed E-state index contributed by atoms with van der Waals surface area (Å²) in [6.07, 6.45) is 2.17. The van der Waals surface area contributed by atoms with E-state index < -0.39 is 6.43 Å². The topological polar surface area (TPSA) is 58.4 Å². The molecule has 8 heteroatoms. The number of aryl methyl sites for hydroxylation is 1. The van der Waals surface area contributed by atoms with E-state index in [0.29, 0.717) is 12.2 Å². The van der Waals surface area contributed by atoms with Gasteiger partial charge >= 0.3 is 0 Å². The summed E-state index contributed by atoms with van der Waals surface area (Å²) in [5.74, 6) is -0.117. The Bertz CT molecular complexity index is 795. The normalized spacial score (nSPS) is 32.0. The molecule has 6 nitrogen and oxygen atoms in total. The van der Waals surface area contributed by atoms with Crippen molar-refractivity contribution in [2.75, 3.05) is 6.54 Å². The van der Waals surface area contributed by atoms with Gasteiger partial charge in [-0.2, -0.15) is 5.10 Å². The summed E-state index contributed by atoms with van der Waals surface area (Å²) >= 11 is 0. The molecule has 2 bridgehead atoms. The second-order valence-electron chi connectivity index (χ2n) is 8.82. The summed E-state index contributed by atoms with van der Waals surface area (Å²) < 4.78 is 27.7. The first-order valence-corrected chi connectivity index (χ1v) is 10.1. The van der Waals surface area contributed by atoms with Gasteiger partial charge in [0.05, 0.1) is 11.7 Å². The lowest BCUT2D eigenvalue weighted by molar-refractivity contribution is -0.140. The fourth-order valence-corrected chi connectivity index (χ4v) is 6.00. The van der Waals surface area contributed by atoms with Gasteiger partial charge in [0.2, 0.25) is 11.8 Å². The second kappa shape index (κ2) is 6.81. The van der Waals surface area contributed by atoms with Crippen molar-refractivity contribution < 1.29 is 18.4 Å². The molecule has 154 valence electrons. The van der Waals surface area contributed by atoms with Crippen LogP contribution in [-0.2, 0) is 16.1 Å². The molecule has 0 N–H and O–H groups in total. The van der Waals surface area contributed by atoms with Crippen LogP contribution in [-0.4, -0.2) is 56.1 Å². The van der Waals surface area contributed by atoms with Crippen LogP contribution in [0, 0.1) is 12.3 Å². The molecule has 0 aromatic carbocycles. The van der Waals surface area contributed by atoms with Gasteiger partial charge in [-0.1, -0.05) is 19.8 Å². The molecule has 0 radical (unpaired) electrons. The largest absolute Gasteiger partial charge is 0.335 e. The molecule has 4 rings (SSSR count). The van der Waals surface area contributed by atoms with Crippen LogP contribution in [0.25, 0.3) is 0 Å². The number of piperidine rings is 1. The predicted molar refractivity (Wildman–Crippen MR) is 98.7 cm³/mol. The number of hydrogen-bond acceptors (Lipinski definition) is 3. The lowest BCUT2D eigenvalue weighted by Crippen LogP contribution is -2.56. The van der Waals surface area contributed by atoms with Crippen molar-refractivity contribution in [2.24, 2.45) is 5.41 Å². The molecule has 0 spiro atoms. The third-order valence-corrected chi connectivity index (χ3v) is 7.04. The van der Waals surface area contributed by atoms with E-state index in [1.54, 1.807) is 13.8 Å². The van der Waals surface area contributed by atoms with Gasteiger partial charge in [-0.3, -0.25) is 14.3 Å². The lowest BCUT2D eigenvalue weighted by atomic mass is 9.71. The highest BCUT2D eigenvalue weighted by molar-refractivity contribution is 5.78. The highest BCUT2D eigenvalue weighted by Gasteiger charge is 2.60. The standard InChI is InChI=1S/C20H28F2N4O2/c1-12-8-15(19(21)22)25(23-12)11-18(28)24-10-14-9-20(3)16(24)6-4-5-7-17(20)26(14)13(2)27/h8,14,16-17,19H,4-7,9-11H2,1-3H3/t14-,16+,17-,20+/m0/s1. The molecule has 1 saturated carbocycles. The maximum Gasteiger partial charge on any atom is 0.280 e. The Morgan fingerprint density at radius 1 is 1.29 bits per heavy atom. The highest BCUT2D eigenvalue weighted by Crippen LogP contribution is 2.53. The SMILES string of the molecule is CC(=O)N1[C@@H]2CN(C(=O)Cn3nc(C)cc3C(F)F)[C@@H]3CCCC[C@H]1[C@]3(C)C2. The van der Waals surface area contributed by atoms with Crippen LogP contribution in [0.2, 0.25) is 0 Å². The molecule has 2 saturated heterocycles. The van der Waals surface area contributed by atoms with E-state index in [0.717, 1.165) is 36.8 Å². The maximum absolute atomic E-state index is 13.3. The van der Waals surface area contributed by atoms with Gasteiger partial charge in [-0.15, -0.1) is 0 Å². The van der Waals surface area contributed by atoms with Crippen LogP contribution in [0.15, 0.2) is 6.07 Å². The lowest BCUT2D eigenvalue weighted by Gasteiger charge is -2.46. The van der Waals surface area contributed by atoms with Crippen molar-refractivity contribution in [3.05, 3.63) is 17.5 Å². The number of nitrogens with zero attached hydrogens (tertiary/aromatic N) is 4. The molecule has 28 heavy (non-hydrogen) atoms. The zero-order valence-electron chi connectivity index (χ0n) is 16.7. The van der Waals surface area contributed by atoms with Crippen molar-refractivity contribution in [1.29, 1.82) is 0 Å². The third-order valence-electron chi connectivity index (χ3n) is 7.04. The number of halogens is 2. The summed E-state index contributed by atoms with van der Waals surface area (Å²) in [6.45, 7) is 5.76. The number of hydrogen-bond donors (Lipinski definition) is 0. The van der Waals surface area contributed by atoms with E-state index in [2.05, 4.69) is 12.0 Å². The number of alkyl halides is 2. The van der Waals surface area contributed by atoms with Gasteiger partial charge < -0.3 is 9.80 Å². The average molecular weight is 394 g/mol. The number of aromatic nitrogens is 2. The molecule has 3 aliphatic rings. The van der Waals surface area contributed by atoms with E-state index in [1.165, 1.54) is 6.07 Å². The van der Waals surface area contributed by atoms with E-state index in [9.17, 15) is 18.4 Å². The first-order chi connectivity index (χ1) is 13.2. The fraction of sp³-hybridized carbons (Fsp3) is 0.750. The van der Waals surface area contributed by atoms with Crippen molar-refractivity contribution in [2.45, 2.75) is 84.0 Å². The fourth-order valence-electron chi connectivity index (χ4n) is 6.00. The third kappa shape index (κ3) is 2.92. The van der Waals surface area contributed by atoms with Crippen LogP contribution < -0.4 is 0 Å². The van der Waals surface area contributed by atoms with Crippen LogP contribution >= 0.6 is 0 Å².